The molecular weight excluding hydrogens is 134 g/mol. The second-order valence-corrected chi connectivity index (χ2v) is 2.98. The van der Waals surface area contributed by atoms with Crippen molar-refractivity contribution in [3.05, 3.63) is 23.8 Å². The van der Waals surface area contributed by atoms with Crippen molar-refractivity contribution in [1.29, 1.82) is 0 Å². The normalized spacial score (nSPS) is 14.7. The third-order valence-corrected chi connectivity index (χ3v) is 1.78. The maximum Gasteiger partial charge on any atom is 0.0274 e. The molecule has 0 aromatic rings. The Morgan fingerprint density at radius 3 is 2.36 bits per heavy atom. The summed E-state index contributed by atoms with van der Waals surface area (Å²) in [5.74, 6) is 0. The Kier molecular flexibility index (Phi) is 4.88. The lowest BCUT2D eigenvalue weighted by Gasteiger charge is -2.14. The fourth-order valence-corrected chi connectivity index (χ4v) is 1.24. The molecule has 0 saturated heterocycles. The summed E-state index contributed by atoms with van der Waals surface area (Å²) < 4.78 is 0. The van der Waals surface area contributed by atoms with Crippen LogP contribution in [0.1, 0.15) is 27.2 Å². The molecule has 0 unspecified atom stereocenters. The van der Waals surface area contributed by atoms with E-state index in [2.05, 4.69) is 31.8 Å². The van der Waals surface area contributed by atoms with Gasteiger partial charge < -0.3 is 5.32 Å². The lowest BCUT2D eigenvalue weighted by Crippen LogP contribution is -2.25. The first-order chi connectivity index (χ1) is 5.11. The molecule has 0 radical (unpaired) electrons. The van der Waals surface area contributed by atoms with Crippen LogP contribution in [0.15, 0.2) is 23.8 Å². The van der Waals surface area contributed by atoms with Crippen LogP contribution in [0.2, 0.25) is 0 Å². The van der Waals surface area contributed by atoms with Crippen molar-refractivity contribution < 1.29 is 0 Å². The third-order valence-electron chi connectivity index (χ3n) is 1.78. The monoisotopic (exact) mass is 153 g/mol. The zero-order valence-corrected chi connectivity index (χ0v) is 8.07. The Morgan fingerprint density at radius 2 is 2.09 bits per heavy atom. The molecule has 0 aliphatic heterocycles. The van der Waals surface area contributed by atoms with Crippen LogP contribution in [0.5, 0.6) is 0 Å². The van der Waals surface area contributed by atoms with Crippen molar-refractivity contribution in [2.45, 2.75) is 33.2 Å². The molecule has 1 heteroatoms. The molecule has 0 rings (SSSR count). The zero-order chi connectivity index (χ0) is 8.85. The average Bonchev–Trinajstić information content (AvgIpc) is 1.88. The Balaban J connectivity index is 4.18. The summed E-state index contributed by atoms with van der Waals surface area (Å²) in [5, 5.41) is 3.25. The van der Waals surface area contributed by atoms with Gasteiger partial charge in [0.05, 0.1) is 0 Å². The minimum absolute atomic E-state index is 0.506. The van der Waals surface area contributed by atoms with Crippen LogP contribution in [0.25, 0.3) is 0 Å². The van der Waals surface area contributed by atoms with Crippen molar-refractivity contribution in [1.82, 2.24) is 5.32 Å². The summed E-state index contributed by atoms with van der Waals surface area (Å²) >= 11 is 0. The predicted molar refractivity (Wildman–Crippen MR) is 51.7 cm³/mol. The minimum atomic E-state index is 0.506. The SMILES string of the molecule is C=C(C)/C=C(\C)[C@H](CC)NC. The second-order valence-electron chi connectivity index (χ2n) is 2.98. The molecule has 0 heterocycles. The lowest BCUT2D eigenvalue weighted by atomic mass is 10.0. The van der Waals surface area contributed by atoms with Gasteiger partial charge in [0, 0.05) is 6.04 Å². The maximum atomic E-state index is 3.84. The summed E-state index contributed by atoms with van der Waals surface area (Å²) in [6, 6.07) is 0.506. The van der Waals surface area contributed by atoms with Crippen molar-refractivity contribution >= 4 is 0 Å². The van der Waals surface area contributed by atoms with Crippen LogP contribution in [0.4, 0.5) is 0 Å². The number of likely N-dealkylation sites (N-methyl/N-ethyl adjacent to an activating group) is 1. The molecule has 1 N–H and O–H groups in total. The van der Waals surface area contributed by atoms with Gasteiger partial charge in [-0.15, -0.1) is 0 Å². The highest BCUT2D eigenvalue weighted by Crippen LogP contribution is 2.07. The van der Waals surface area contributed by atoms with E-state index >= 15 is 0 Å². The quantitative estimate of drug-likeness (QED) is 0.612. The van der Waals surface area contributed by atoms with Crippen LogP contribution >= 0.6 is 0 Å². The summed E-state index contributed by atoms with van der Waals surface area (Å²) in [4.78, 5) is 0. The van der Waals surface area contributed by atoms with Crippen LogP contribution in [-0.2, 0) is 0 Å². The molecule has 1 atom stereocenters. The smallest absolute Gasteiger partial charge is 0.0274 e. The fraction of sp³-hybridized carbons (Fsp3) is 0.600. The number of hydrogen-bond acceptors (Lipinski definition) is 1. The van der Waals surface area contributed by atoms with Crippen LogP contribution < -0.4 is 5.32 Å². The number of hydrogen-bond donors (Lipinski definition) is 1. The van der Waals surface area contributed by atoms with Gasteiger partial charge in [-0.3, -0.25) is 0 Å². The van der Waals surface area contributed by atoms with E-state index in [0.29, 0.717) is 6.04 Å². The molecule has 11 heavy (non-hydrogen) atoms. The van der Waals surface area contributed by atoms with E-state index in [-0.39, 0.29) is 0 Å². The molecule has 0 bridgehead atoms. The lowest BCUT2D eigenvalue weighted by molar-refractivity contribution is 0.616. The molecule has 64 valence electrons. The Labute approximate surface area is 70.2 Å². The maximum absolute atomic E-state index is 3.84. The highest BCUT2D eigenvalue weighted by Gasteiger charge is 2.03. The minimum Gasteiger partial charge on any atom is -0.313 e. The molecule has 0 amide bonds. The molecule has 0 spiro atoms. The Morgan fingerprint density at radius 1 is 1.55 bits per heavy atom. The van der Waals surface area contributed by atoms with E-state index in [4.69, 9.17) is 0 Å². The first-order valence-corrected chi connectivity index (χ1v) is 4.12. The van der Waals surface area contributed by atoms with Crippen LogP contribution in [-0.4, -0.2) is 13.1 Å². The first kappa shape index (κ1) is 10.4. The van der Waals surface area contributed by atoms with Gasteiger partial charge in [-0.05, 0) is 27.3 Å². The van der Waals surface area contributed by atoms with E-state index < -0.39 is 0 Å². The van der Waals surface area contributed by atoms with Crippen molar-refractivity contribution in [2.24, 2.45) is 0 Å². The Hall–Kier alpha value is -0.560. The number of allylic oxidation sites excluding steroid dienone is 2. The van der Waals surface area contributed by atoms with Gasteiger partial charge in [-0.2, -0.15) is 0 Å². The fourth-order valence-electron chi connectivity index (χ4n) is 1.24. The number of nitrogens with one attached hydrogen (secondary N) is 1. The van der Waals surface area contributed by atoms with Crippen molar-refractivity contribution in [3.63, 3.8) is 0 Å². The average molecular weight is 153 g/mol. The van der Waals surface area contributed by atoms with E-state index in [1.165, 1.54) is 5.57 Å². The topological polar surface area (TPSA) is 12.0 Å². The van der Waals surface area contributed by atoms with Crippen molar-refractivity contribution in [2.75, 3.05) is 7.05 Å². The van der Waals surface area contributed by atoms with Gasteiger partial charge in [0.2, 0.25) is 0 Å². The first-order valence-electron chi connectivity index (χ1n) is 4.12. The third kappa shape index (κ3) is 3.99. The Bertz CT molecular complexity index is 152. The van der Waals surface area contributed by atoms with Crippen molar-refractivity contribution in [3.8, 4) is 0 Å². The predicted octanol–water partition coefficient (Wildman–Crippen LogP) is 2.51. The molecule has 0 aliphatic carbocycles. The van der Waals surface area contributed by atoms with E-state index in [1.54, 1.807) is 0 Å². The van der Waals surface area contributed by atoms with Gasteiger partial charge in [-0.1, -0.05) is 30.7 Å². The standard InChI is InChI=1S/C10H19N/c1-6-10(11-5)9(4)7-8(2)3/h7,10-11H,2,6H2,1,3-5H3/b9-7+/t10-/m0/s1. The second kappa shape index (κ2) is 5.14. The summed E-state index contributed by atoms with van der Waals surface area (Å²) in [5.41, 5.74) is 2.48. The molecule has 1 nitrogen and oxygen atoms in total. The molecule has 0 aliphatic rings. The van der Waals surface area contributed by atoms with E-state index in [1.807, 2.05) is 14.0 Å². The highest BCUT2D eigenvalue weighted by atomic mass is 14.9. The molecule has 0 aromatic heterocycles. The van der Waals surface area contributed by atoms with E-state index in [0.717, 1.165) is 12.0 Å². The molecule has 0 fully saturated rings. The van der Waals surface area contributed by atoms with Gasteiger partial charge in [-0.25, -0.2) is 0 Å². The zero-order valence-electron chi connectivity index (χ0n) is 8.07. The van der Waals surface area contributed by atoms with Gasteiger partial charge in [0.25, 0.3) is 0 Å². The molecule has 0 aromatic carbocycles. The van der Waals surface area contributed by atoms with Crippen LogP contribution in [0.3, 0.4) is 0 Å². The molecule has 0 saturated carbocycles. The van der Waals surface area contributed by atoms with Gasteiger partial charge in [0.1, 0.15) is 0 Å². The largest absolute Gasteiger partial charge is 0.313 e. The van der Waals surface area contributed by atoms with Gasteiger partial charge in [0.15, 0.2) is 0 Å². The number of rotatable bonds is 4. The van der Waals surface area contributed by atoms with Crippen LogP contribution in [0, 0.1) is 0 Å². The summed E-state index contributed by atoms with van der Waals surface area (Å²) in [6.07, 6.45) is 3.26. The van der Waals surface area contributed by atoms with Gasteiger partial charge >= 0.3 is 0 Å². The molecular formula is C10H19N. The van der Waals surface area contributed by atoms with E-state index in [9.17, 15) is 0 Å². The highest BCUT2D eigenvalue weighted by molar-refractivity contribution is 5.20. The summed E-state index contributed by atoms with van der Waals surface area (Å²) in [6.45, 7) is 10.2. The summed E-state index contributed by atoms with van der Waals surface area (Å²) in [7, 11) is 1.99.